The molecule has 7 N–H and O–H groups in total. The van der Waals surface area contributed by atoms with E-state index in [0.29, 0.717) is 0 Å². The zero-order valence-corrected chi connectivity index (χ0v) is 11.0. The normalized spacial score (nSPS) is 16.8. The molecular formula is C11H19NO9. The average Bonchev–Trinajstić information content (AvgIpc) is 2.43. The van der Waals surface area contributed by atoms with Crippen LogP contribution in [0.4, 0.5) is 0 Å². The molecule has 0 aromatic heterocycles. The summed E-state index contributed by atoms with van der Waals surface area (Å²) in [6.45, 7) is -1.51. The van der Waals surface area contributed by atoms with Crippen molar-refractivity contribution in [3.05, 3.63) is 0 Å². The minimum atomic E-state index is -2.01. The Bertz CT molecular complexity index is 373. The molecule has 10 heteroatoms. The first-order valence-corrected chi connectivity index (χ1v) is 6.06. The number of aliphatic carboxylic acids is 2. The van der Waals surface area contributed by atoms with Crippen LogP contribution in [-0.2, 0) is 14.4 Å². The summed E-state index contributed by atoms with van der Waals surface area (Å²) in [7, 11) is 0. The van der Waals surface area contributed by atoms with E-state index in [2.05, 4.69) is 5.32 Å². The summed E-state index contributed by atoms with van der Waals surface area (Å²) in [5.41, 5.74) is 0. The Morgan fingerprint density at radius 2 is 1.62 bits per heavy atom. The molecule has 10 nitrogen and oxygen atoms in total. The molecule has 0 unspecified atom stereocenters. The van der Waals surface area contributed by atoms with Gasteiger partial charge in [-0.05, 0) is 6.42 Å². The molecule has 0 heterocycles. The third-order valence-electron chi connectivity index (χ3n) is 2.70. The maximum absolute atomic E-state index is 11.5. The van der Waals surface area contributed by atoms with Crippen molar-refractivity contribution >= 4 is 17.7 Å². The van der Waals surface area contributed by atoms with Crippen LogP contribution in [0.2, 0.25) is 0 Å². The molecule has 0 rings (SSSR count). The maximum atomic E-state index is 11.5. The SMILES string of the molecule is O=C(O)CC[C@H](NCC(=O)[C@@H](O)[C@H](O)[C@H](O)CO)C(=O)O. The number of carboxylic acids is 2. The highest BCUT2D eigenvalue weighted by Crippen LogP contribution is 2.02. The number of nitrogens with one attached hydrogen (secondary N) is 1. The highest BCUT2D eigenvalue weighted by Gasteiger charge is 2.30. The van der Waals surface area contributed by atoms with Gasteiger partial charge in [0, 0.05) is 6.42 Å². The Hall–Kier alpha value is -1.59. The van der Waals surface area contributed by atoms with Crippen molar-refractivity contribution in [3.8, 4) is 0 Å². The largest absolute Gasteiger partial charge is 0.481 e. The quantitative estimate of drug-likeness (QED) is 0.202. The maximum Gasteiger partial charge on any atom is 0.320 e. The first-order valence-electron chi connectivity index (χ1n) is 6.06. The van der Waals surface area contributed by atoms with Gasteiger partial charge in [0.1, 0.15) is 24.4 Å². The molecule has 0 bridgehead atoms. The average molecular weight is 309 g/mol. The predicted molar refractivity (Wildman–Crippen MR) is 66.4 cm³/mol. The second-order valence-electron chi connectivity index (χ2n) is 4.36. The first-order chi connectivity index (χ1) is 9.70. The van der Waals surface area contributed by atoms with Gasteiger partial charge in [0.25, 0.3) is 0 Å². The lowest BCUT2D eigenvalue weighted by molar-refractivity contribution is -0.142. The molecule has 0 spiro atoms. The zero-order valence-electron chi connectivity index (χ0n) is 11.0. The molecule has 0 amide bonds. The van der Waals surface area contributed by atoms with Gasteiger partial charge in [0.15, 0.2) is 5.78 Å². The van der Waals surface area contributed by atoms with Crippen molar-refractivity contribution in [1.29, 1.82) is 0 Å². The Labute approximate surface area is 119 Å². The summed E-state index contributed by atoms with van der Waals surface area (Å²) in [5.74, 6) is -3.57. The van der Waals surface area contributed by atoms with E-state index >= 15 is 0 Å². The van der Waals surface area contributed by atoms with Gasteiger partial charge in [-0.25, -0.2) is 0 Å². The fraction of sp³-hybridized carbons (Fsp3) is 0.727. The van der Waals surface area contributed by atoms with Crippen molar-refractivity contribution in [3.63, 3.8) is 0 Å². The van der Waals surface area contributed by atoms with Crippen molar-refractivity contribution in [2.24, 2.45) is 0 Å². The number of aliphatic hydroxyl groups is 4. The highest BCUT2D eigenvalue weighted by atomic mass is 16.4. The Morgan fingerprint density at radius 3 is 2.05 bits per heavy atom. The van der Waals surface area contributed by atoms with Gasteiger partial charge in [-0.3, -0.25) is 19.7 Å². The fourth-order valence-electron chi connectivity index (χ4n) is 1.42. The number of Topliss-reactive ketones (excluding diaryl/α,β-unsaturated/α-hetero) is 1. The van der Waals surface area contributed by atoms with Crippen LogP contribution in [0, 0.1) is 0 Å². The molecule has 0 saturated heterocycles. The van der Waals surface area contributed by atoms with E-state index in [4.69, 9.17) is 20.4 Å². The lowest BCUT2D eigenvalue weighted by Gasteiger charge is -2.21. The van der Waals surface area contributed by atoms with Gasteiger partial charge in [-0.15, -0.1) is 0 Å². The molecule has 122 valence electrons. The van der Waals surface area contributed by atoms with E-state index in [1.54, 1.807) is 0 Å². The van der Waals surface area contributed by atoms with E-state index in [0.717, 1.165) is 0 Å². The highest BCUT2D eigenvalue weighted by molar-refractivity contribution is 5.86. The van der Waals surface area contributed by atoms with Crippen LogP contribution in [-0.4, -0.2) is 85.9 Å². The number of hydrogen-bond donors (Lipinski definition) is 7. The van der Waals surface area contributed by atoms with Gasteiger partial charge in [-0.2, -0.15) is 0 Å². The van der Waals surface area contributed by atoms with Crippen molar-refractivity contribution < 1.29 is 45.0 Å². The molecule has 0 aliphatic carbocycles. The van der Waals surface area contributed by atoms with Gasteiger partial charge >= 0.3 is 11.9 Å². The van der Waals surface area contributed by atoms with E-state index < -0.39 is 61.6 Å². The third kappa shape index (κ3) is 7.11. The number of rotatable bonds is 11. The first kappa shape index (κ1) is 19.4. The van der Waals surface area contributed by atoms with E-state index in [-0.39, 0.29) is 6.42 Å². The van der Waals surface area contributed by atoms with Gasteiger partial charge in [0.05, 0.1) is 13.2 Å². The second-order valence-corrected chi connectivity index (χ2v) is 4.36. The lowest BCUT2D eigenvalue weighted by atomic mass is 10.0. The molecule has 0 fully saturated rings. The summed E-state index contributed by atoms with van der Waals surface area (Å²) in [6.07, 6.45) is -6.33. The summed E-state index contributed by atoms with van der Waals surface area (Å²) in [6, 6.07) is -1.31. The van der Waals surface area contributed by atoms with Crippen LogP contribution in [0.5, 0.6) is 0 Å². The van der Waals surface area contributed by atoms with Gasteiger partial charge in [-0.1, -0.05) is 0 Å². The Balaban J connectivity index is 4.41. The Morgan fingerprint density at radius 1 is 1.05 bits per heavy atom. The summed E-state index contributed by atoms with van der Waals surface area (Å²) in [4.78, 5) is 32.7. The van der Waals surface area contributed by atoms with Crippen LogP contribution >= 0.6 is 0 Å². The molecule has 0 saturated carbocycles. The molecule has 0 aromatic carbocycles. The van der Waals surface area contributed by atoms with Gasteiger partial charge < -0.3 is 30.6 Å². The van der Waals surface area contributed by atoms with E-state index in [1.807, 2.05) is 0 Å². The molecular weight excluding hydrogens is 290 g/mol. The zero-order chi connectivity index (χ0) is 16.6. The molecule has 0 radical (unpaired) electrons. The number of ketones is 1. The van der Waals surface area contributed by atoms with Crippen LogP contribution in [0.3, 0.4) is 0 Å². The van der Waals surface area contributed by atoms with Crippen LogP contribution in [0.15, 0.2) is 0 Å². The minimum Gasteiger partial charge on any atom is -0.481 e. The smallest absolute Gasteiger partial charge is 0.320 e. The standard InChI is InChI=1S/C11H19NO9/c13-4-7(15)10(19)9(18)6(14)3-12-5(11(20)21)1-2-8(16)17/h5,7,9-10,12-13,15,18-19H,1-4H2,(H,16,17)(H,20,21)/t5-,7+,9+,10+/m0/s1. The topological polar surface area (TPSA) is 185 Å². The predicted octanol–water partition coefficient (Wildman–Crippen LogP) is -3.46. The minimum absolute atomic E-state index is 0.268. The van der Waals surface area contributed by atoms with Crippen molar-refractivity contribution in [1.82, 2.24) is 5.32 Å². The number of carbonyl (C=O) groups excluding carboxylic acids is 1. The summed E-state index contributed by atoms with van der Waals surface area (Å²) >= 11 is 0. The molecule has 21 heavy (non-hydrogen) atoms. The monoisotopic (exact) mass is 309 g/mol. The van der Waals surface area contributed by atoms with Crippen molar-refractivity contribution in [2.75, 3.05) is 13.2 Å². The lowest BCUT2D eigenvalue weighted by Crippen LogP contribution is -2.48. The third-order valence-corrected chi connectivity index (χ3v) is 2.70. The van der Waals surface area contributed by atoms with E-state index in [9.17, 15) is 24.6 Å². The second kappa shape index (κ2) is 9.37. The van der Waals surface area contributed by atoms with Crippen molar-refractivity contribution in [2.45, 2.75) is 37.2 Å². The fourth-order valence-corrected chi connectivity index (χ4v) is 1.42. The van der Waals surface area contributed by atoms with Gasteiger partial charge in [0.2, 0.25) is 0 Å². The number of carbonyl (C=O) groups is 3. The summed E-state index contributed by atoms with van der Waals surface area (Å²) < 4.78 is 0. The summed E-state index contributed by atoms with van der Waals surface area (Å²) in [5, 5.41) is 55.9. The molecule has 0 aromatic rings. The van der Waals surface area contributed by atoms with E-state index in [1.165, 1.54) is 0 Å². The van der Waals surface area contributed by atoms with Crippen LogP contribution < -0.4 is 5.32 Å². The molecule has 0 aliphatic heterocycles. The number of hydrogen-bond acceptors (Lipinski definition) is 8. The van der Waals surface area contributed by atoms with Crippen LogP contribution in [0.1, 0.15) is 12.8 Å². The van der Waals surface area contributed by atoms with Crippen LogP contribution in [0.25, 0.3) is 0 Å². The number of aliphatic hydroxyl groups excluding tert-OH is 4. The molecule has 4 atom stereocenters. The Kier molecular flexibility index (Phi) is 8.66. The number of carboxylic acid groups (broad SMARTS) is 2. The molecule has 0 aliphatic rings.